The summed E-state index contributed by atoms with van der Waals surface area (Å²) in [7, 11) is 1.36. The van der Waals surface area contributed by atoms with Crippen LogP contribution in [0.15, 0.2) is 66.7 Å². The molecule has 0 aliphatic carbocycles. The SMILES string of the molecule is COC(=O)c1ccc(Cc2c(-c3ccc(C(=N)N)cc3)[nH]c3cc(C(=N)N)ccc23)cc1.Cl.Cl. The molecule has 0 spiro atoms. The second kappa shape index (κ2) is 10.9. The zero-order valence-corrected chi connectivity index (χ0v) is 20.0. The van der Waals surface area contributed by atoms with Crippen LogP contribution >= 0.6 is 24.8 Å². The van der Waals surface area contributed by atoms with Crippen LogP contribution in [0.5, 0.6) is 0 Å². The van der Waals surface area contributed by atoms with Crippen molar-refractivity contribution in [1.82, 2.24) is 4.98 Å². The Morgan fingerprint density at radius 2 is 1.41 bits per heavy atom. The lowest BCUT2D eigenvalue weighted by Gasteiger charge is -2.08. The van der Waals surface area contributed by atoms with E-state index in [1.807, 2.05) is 54.6 Å². The first kappa shape index (κ1) is 26.4. The molecule has 0 radical (unpaired) electrons. The second-order valence-corrected chi connectivity index (χ2v) is 7.51. The Morgan fingerprint density at radius 1 is 0.853 bits per heavy atom. The standard InChI is InChI=1S/C25H23N5O2.2ClH/c1-32-25(31)17-4-2-14(3-5-17)12-20-19-11-10-18(24(28)29)13-21(19)30-22(20)15-6-8-16(9-7-15)23(26)27;;/h2-11,13,30H,12H2,1H3,(H3,26,27)(H3,28,29);2*1H. The third-order valence-electron chi connectivity index (χ3n) is 5.46. The van der Waals surface area contributed by atoms with Crippen LogP contribution in [0.1, 0.15) is 32.6 Å². The molecule has 0 saturated carbocycles. The fraction of sp³-hybridized carbons (Fsp3) is 0.0800. The molecule has 7 N–H and O–H groups in total. The number of aromatic amines is 1. The number of nitrogens with one attached hydrogen (secondary N) is 3. The molecule has 1 aromatic heterocycles. The van der Waals surface area contributed by atoms with Crippen LogP contribution in [-0.2, 0) is 11.2 Å². The molecular formula is C25H25Cl2N5O2. The molecule has 0 bridgehead atoms. The van der Waals surface area contributed by atoms with Crippen LogP contribution in [0.25, 0.3) is 22.2 Å². The topological polar surface area (TPSA) is 142 Å². The summed E-state index contributed by atoms with van der Waals surface area (Å²) >= 11 is 0. The van der Waals surface area contributed by atoms with E-state index < -0.39 is 0 Å². The van der Waals surface area contributed by atoms with Crippen molar-refractivity contribution in [2.45, 2.75) is 6.42 Å². The third-order valence-corrected chi connectivity index (χ3v) is 5.46. The number of carbonyl (C=O) groups is 1. The summed E-state index contributed by atoms with van der Waals surface area (Å²) in [6.45, 7) is 0. The summed E-state index contributed by atoms with van der Waals surface area (Å²) in [6.07, 6.45) is 0.630. The minimum atomic E-state index is -0.369. The van der Waals surface area contributed by atoms with Crippen LogP contribution in [0.3, 0.4) is 0 Å². The first-order valence-electron chi connectivity index (χ1n) is 9.98. The fourth-order valence-electron chi connectivity index (χ4n) is 3.75. The molecule has 3 aromatic carbocycles. The lowest BCUT2D eigenvalue weighted by molar-refractivity contribution is 0.0600. The van der Waals surface area contributed by atoms with Crippen LogP contribution in [0.2, 0.25) is 0 Å². The normalized spacial score (nSPS) is 10.1. The molecule has 0 fully saturated rings. The van der Waals surface area contributed by atoms with Gasteiger partial charge in [-0.1, -0.05) is 48.5 Å². The van der Waals surface area contributed by atoms with E-state index in [-0.39, 0.29) is 42.5 Å². The van der Waals surface area contributed by atoms with Gasteiger partial charge in [-0.2, -0.15) is 0 Å². The highest BCUT2D eigenvalue weighted by Crippen LogP contribution is 2.33. The Morgan fingerprint density at radius 3 is 1.97 bits per heavy atom. The highest BCUT2D eigenvalue weighted by Gasteiger charge is 2.16. The van der Waals surface area contributed by atoms with Gasteiger partial charge in [-0.3, -0.25) is 10.8 Å². The minimum absolute atomic E-state index is 0. The van der Waals surface area contributed by atoms with Crippen molar-refractivity contribution in [3.8, 4) is 11.3 Å². The Balaban J connectivity index is 0.00000204. The highest BCUT2D eigenvalue weighted by molar-refractivity contribution is 6.01. The van der Waals surface area contributed by atoms with Gasteiger partial charge in [-0.25, -0.2) is 4.79 Å². The number of ether oxygens (including phenoxy) is 1. The highest BCUT2D eigenvalue weighted by atomic mass is 35.5. The quantitative estimate of drug-likeness (QED) is 0.150. The van der Waals surface area contributed by atoms with Crippen LogP contribution in [-0.4, -0.2) is 29.7 Å². The molecule has 0 aliphatic heterocycles. The summed E-state index contributed by atoms with van der Waals surface area (Å²) in [5.41, 5.74) is 18.0. The van der Waals surface area contributed by atoms with E-state index in [1.165, 1.54) is 7.11 Å². The Labute approximate surface area is 209 Å². The van der Waals surface area contributed by atoms with Crippen molar-refractivity contribution in [2.75, 3.05) is 7.11 Å². The number of carbonyl (C=O) groups excluding carboxylic acids is 1. The van der Waals surface area contributed by atoms with Gasteiger partial charge in [0, 0.05) is 28.5 Å². The van der Waals surface area contributed by atoms with Crippen LogP contribution in [0.4, 0.5) is 0 Å². The summed E-state index contributed by atoms with van der Waals surface area (Å²) in [4.78, 5) is 15.2. The average molecular weight is 498 g/mol. The Bertz CT molecular complexity index is 1350. The number of hydrogen-bond donors (Lipinski definition) is 5. The van der Waals surface area contributed by atoms with Crippen LogP contribution < -0.4 is 11.5 Å². The van der Waals surface area contributed by atoms with Crippen molar-refractivity contribution < 1.29 is 9.53 Å². The summed E-state index contributed by atoms with van der Waals surface area (Å²) < 4.78 is 4.78. The maximum atomic E-state index is 11.7. The van der Waals surface area contributed by atoms with Crippen molar-refractivity contribution in [1.29, 1.82) is 10.8 Å². The Kier molecular flexibility index (Phi) is 8.46. The molecule has 1 heterocycles. The van der Waals surface area contributed by atoms with E-state index in [4.69, 9.17) is 27.0 Å². The molecule has 0 aliphatic rings. The first-order chi connectivity index (χ1) is 15.4. The number of rotatable bonds is 6. The predicted molar refractivity (Wildman–Crippen MR) is 141 cm³/mol. The molecule has 176 valence electrons. The number of nitrogen functional groups attached to an aromatic ring is 2. The molecule has 0 saturated heterocycles. The van der Waals surface area contributed by atoms with Crippen LogP contribution in [0, 0.1) is 10.8 Å². The van der Waals surface area contributed by atoms with Gasteiger partial charge in [0.05, 0.1) is 18.4 Å². The molecule has 34 heavy (non-hydrogen) atoms. The number of nitrogens with two attached hydrogens (primary N) is 2. The zero-order valence-electron chi connectivity index (χ0n) is 18.3. The number of halogens is 2. The number of benzene rings is 3. The number of aromatic nitrogens is 1. The second-order valence-electron chi connectivity index (χ2n) is 7.51. The average Bonchev–Trinajstić information content (AvgIpc) is 3.16. The summed E-state index contributed by atoms with van der Waals surface area (Å²) in [6, 6.07) is 20.5. The Hall–Kier alpha value is -3.81. The van der Waals surface area contributed by atoms with E-state index in [2.05, 4.69) is 4.98 Å². The number of H-pyrrole nitrogens is 1. The number of esters is 1. The monoisotopic (exact) mass is 497 g/mol. The molecular weight excluding hydrogens is 473 g/mol. The third kappa shape index (κ3) is 5.22. The van der Waals surface area contributed by atoms with E-state index in [0.717, 1.165) is 33.3 Å². The van der Waals surface area contributed by atoms with Crippen molar-refractivity contribution in [3.63, 3.8) is 0 Å². The van der Waals surface area contributed by atoms with Gasteiger partial charge in [0.2, 0.25) is 0 Å². The molecule has 4 aromatic rings. The van der Waals surface area contributed by atoms with E-state index >= 15 is 0 Å². The smallest absolute Gasteiger partial charge is 0.337 e. The molecule has 7 nitrogen and oxygen atoms in total. The van der Waals surface area contributed by atoms with Gasteiger partial charge in [-0.15, -0.1) is 24.8 Å². The van der Waals surface area contributed by atoms with Crippen molar-refractivity contribution >= 4 is 53.4 Å². The number of amidine groups is 2. The molecule has 0 amide bonds. The van der Waals surface area contributed by atoms with Gasteiger partial charge in [0.25, 0.3) is 0 Å². The number of fused-ring (bicyclic) bond motifs is 1. The molecule has 0 unspecified atom stereocenters. The van der Waals surface area contributed by atoms with E-state index in [0.29, 0.717) is 23.1 Å². The largest absolute Gasteiger partial charge is 0.465 e. The first-order valence-corrected chi connectivity index (χ1v) is 9.98. The van der Waals surface area contributed by atoms with E-state index in [9.17, 15) is 4.79 Å². The van der Waals surface area contributed by atoms with Gasteiger partial charge in [0.1, 0.15) is 11.7 Å². The van der Waals surface area contributed by atoms with Gasteiger partial charge < -0.3 is 21.2 Å². The fourth-order valence-corrected chi connectivity index (χ4v) is 3.75. The predicted octanol–water partition coefficient (Wildman–Crippen LogP) is 4.62. The van der Waals surface area contributed by atoms with Gasteiger partial charge in [0.15, 0.2) is 0 Å². The lowest BCUT2D eigenvalue weighted by Crippen LogP contribution is -2.10. The molecule has 9 heteroatoms. The number of methoxy groups -OCH3 is 1. The summed E-state index contributed by atoms with van der Waals surface area (Å²) in [5.74, 6) is -0.342. The van der Waals surface area contributed by atoms with Gasteiger partial charge in [-0.05, 0) is 34.9 Å². The minimum Gasteiger partial charge on any atom is -0.465 e. The molecule has 4 rings (SSSR count). The zero-order chi connectivity index (χ0) is 22.8. The molecule has 0 atom stereocenters. The summed E-state index contributed by atoms with van der Waals surface area (Å²) in [5, 5.41) is 16.4. The van der Waals surface area contributed by atoms with Gasteiger partial charge >= 0.3 is 5.97 Å². The van der Waals surface area contributed by atoms with E-state index in [1.54, 1.807) is 12.1 Å². The van der Waals surface area contributed by atoms with Crippen molar-refractivity contribution in [2.24, 2.45) is 11.5 Å². The lowest BCUT2D eigenvalue weighted by atomic mass is 9.97. The van der Waals surface area contributed by atoms with Crippen molar-refractivity contribution in [3.05, 3.63) is 94.5 Å². The number of hydrogen-bond acceptors (Lipinski definition) is 4. The maximum Gasteiger partial charge on any atom is 0.337 e. The maximum absolute atomic E-state index is 11.7.